The van der Waals surface area contributed by atoms with E-state index < -0.39 is 10.0 Å². The molecule has 2 aromatic carbocycles. The maximum atomic E-state index is 12.2. The van der Waals surface area contributed by atoms with Gasteiger partial charge < -0.3 is 0 Å². The van der Waals surface area contributed by atoms with E-state index in [9.17, 15) is 8.42 Å². The van der Waals surface area contributed by atoms with Crippen molar-refractivity contribution >= 4 is 27.5 Å². The number of rotatable bonds is 4. The molecule has 0 aliphatic heterocycles. The third-order valence-corrected chi connectivity index (χ3v) is 4.70. The van der Waals surface area contributed by atoms with E-state index in [4.69, 9.17) is 5.26 Å². The van der Waals surface area contributed by atoms with Crippen LogP contribution in [0, 0.1) is 11.3 Å². The Morgan fingerprint density at radius 1 is 1.15 bits per heavy atom. The summed E-state index contributed by atoms with van der Waals surface area (Å²) in [4.78, 5) is 1.04. The van der Waals surface area contributed by atoms with E-state index in [0.717, 1.165) is 4.90 Å². The van der Waals surface area contributed by atoms with Crippen molar-refractivity contribution in [1.29, 1.82) is 5.26 Å². The minimum atomic E-state index is -3.68. The van der Waals surface area contributed by atoms with Gasteiger partial charge in [0.1, 0.15) is 0 Å². The maximum absolute atomic E-state index is 12.2. The Morgan fingerprint density at radius 3 is 2.60 bits per heavy atom. The molecule has 0 spiro atoms. The van der Waals surface area contributed by atoms with Gasteiger partial charge in [-0.3, -0.25) is 4.72 Å². The minimum Gasteiger partial charge on any atom is -0.280 e. The zero-order chi connectivity index (χ0) is 14.6. The third-order valence-electron chi connectivity index (χ3n) is 2.60. The van der Waals surface area contributed by atoms with Crippen LogP contribution < -0.4 is 4.72 Å². The molecule has 0 saturated heterocycles. The van der Waals surface area contributed by atoms with Gasteiger partial charge >= 0.3 is 0 Å². The number of sulfonamides is 1. The number of anilines is 1. The van der Waals surface area contributed by atoms with Crippen molar-refractivity contribution in [3.63, 3.8) is 0 Å². The van der Waals surface area contributed by atoms with E-state index in [1.165, 1.54) is 23.9 Å². The molecule has 0 aliphatic carbocycles. The molecule has 0 amide bonds. The lowest BCUT2D eigenvalue weighted by atomic mass is 10.2. The second kappa shape index (κ2) is 5.99. The molecule has 2 rings (SSSR count). The molecule has 0 bridgehead atoms. The average Bonchev–Trinajstić information content (AvgIpc) is 2.47. The summed E-state index contributed by atoms with van der Waals surface area (Å²) in [5.41, 5.74) is 0.810. The highest BCUT2D eigenvalue weighted by atomic mass is 32.2. The molecular formula is C14H12N2O2S2. The smallest absolute Gasteiger partial charge is 0.261 e. The summed E-state index contributed by atoms with van der Waals surface area (Å²) in [6.07, 6.45) is 1.92. The Labute approximate surface area is 122 Å². The number of hydrogen-bond donors (Lipinski definition) is 1. The summed E-state index contributed by atoms with van der Waals surface area (Å²) in [5.74, 6) is 0. The molecule has 4 nitrogen and oxygen atoms in total. The number of nitriles is 1. The van der Waals surface area contributed by atoms with Crippen LogP contribution in [0.3, 0.4) is 0 Å². The Kier molecular flexibility index (Phi) is 4.32. The van der Waals surface area contributed by atoms with E-state index in [1.54, 1.807) is 30.3 Å². The van der Waals surface area contributed by atoms with Gasteiger partial charge in [-0.15, -0.1) is 11.8 Å². The van der Waals surface area contributed by atoms with Gasteiger partial charge in [0.25, 0.3) is 10.0 Å². The number of nitrogens with zero attached hydrogens (tertiary/aromatic N) is 1. The molecule has 0 saturated carbocycles. The van der Waals surface area contributed by atoms with Crippen LogP contribution in [0.1, 0.15) is 5.56 Å². The normalized spacial score (nSPS) is 10.8. The van der Waals surface area contributed by atoms with E-state index in [-0.39, 0.29) is 4.90 Å². The Balaban J connectivity index is 2.33. The van der Waals surface area contributed by atoms with Crippen molar-refractivity contribution in [2.45, 2.75) is 9.79 Å². The molecule has 0 aromatic heterocycles. The van der Waals surface area contributed by atoms with Gasteiger partial charge in [0.05, 0.1) is 16.5 Å². The predicted molar refractivity (Wildman–Crippen MR) is 80.2 cm³/mol. The van der Waals surface area contributed by atoms with Crippen molar-refractivity contribution in [3.05, 3.63) is 54.1 Å². The lowest BCUT2D eigenvalue weighted by molar-refractivity contribution is 0.601. The average molecular weight is 304 g/mol. The summed E-state index contributed by atoms with van der Waals surface area (Å²) in [7, 11) is -3.68. The van der Waals surface area contributed by atoms with Crippen LogP contribution in [0.5, 0.6) is 0 Å². The van der Waals surface area contributed by atoms with Gasteiger partial charge in [-0.25, -0.2) is 8.42 Å². The SMILES string of the molecule is CSc1cccc(NS(=O)(=O)c2cccc(C#N)c2)c1. The first-order valence-corrected chi connectivity index (χ1v) is 8.43. The molecule has 0 radical (unpaired) electrons. The molecule has 20 heavy (non-hydrogen) atoms. The molecule has 0 atom stereocenters. The zero-order valence-electron chi connectivity index (χ0n) is 10.7. The first-order chi connectivity index (χ1) is 9.55. The van der Waals surface area contributed by atoms with E-state index >= 15 is 0 Å². The first kappa shape index (κ1) is 14.4. The van der Waals surface area contributed by atoms with Crippen molar-refractivity contribution in [2.24, 2.45) is 0 Å². The van der Waals surface area contributed by atoms with Crippen LogP contribution in [-0.4, -0.2) is 14.7 Å². The van der Waals surface area contributed by atoms with Crippen molar-refractivity contribution in [1.82, 2.24) is 0 Å². The van der Waals surface area contributed by atoms with Crippen LogP contribution in [0.4, 0.5) is 5.69 Å². The second-order valence-electron chi connectivity index (χ2n) is 3.98. The summed E-state index contributed by atoms with van der Waals surface area (Å²) in [5, 5.41) is 8.82. The van der Waals surface area contributed by atoms with Crippen LogP contribution in [0.25, 0.3) is 0 Å². The molecule has 102 valence electrons. The number of nitrogens with one attached hydrogen (secondary N) is 1. The first-order valence-electron chi connectivity index (χ1n) is 5.72. The van der Waals surface area contributed by atoms with Crippen molar-refractivity contribution in [3.8, 4) is 6.07 Å². The molecule has 2 aromatic rings. The lowest BCUT2D eigenvalue weighted by Gasteiger charge is -2.09. The number of hydrogen-bond acceptors (Lipinski definition) is 4. The molecule has 6 heteroatoms. The van der Waals surface area contributed by atoms with Gasteiger partial charge in [-0.05, 0) is 42.7 Å². The number of benzene rings is 2. The fourth-order valence-corrected chi connectivity index (χ4v) is 3.19. The van der Waals surface area contributed by atoms with Gasteiger partial charge in [0, 0.05) is 10.6 Å². The van der Waals surface area contributed by atoms with Crippen LogP contribution in [0.15, 0.2) is 58.3 Å². The third kappa shape index (κ3) is 3.32. The molecule has 1 N–H and O–H groups in total. The standard InChI is InChI=1S/C14H12N2O2S2/c1-19-13-6-3-5-12(9-13)16-20(17,18)14-7-2-4-11(8-14)10-15/h2-9,16H,1H3. The lowest BCUT2D eigenvalue weighted by Crippen LogP contribution is -2.13. The van der Waals surface area contributed by atoms with Crippen LogP contribution in [0.2, 0.25) is 0 Å². The largest absolute Gasteiger partial charge is 0.280 e. The zero-order valence-corrected chi connectivity index (χ0v) is 12.3. The Bertz CT molecular complexity index is 765. The summed E-state index contributed by atoms with van der Waals surface area (Å²) >= 11 is 1.53. The Morgan fingerprint density at radius 2 is 1.90 bits per heavy atom. The fraction of sp³-hybridized carbons (Fsp3) is 0.0714. The molecule has 0 unspecified atom stereocenters. The quantitative estimate of drug-likeness (QED) is 0.881. The highest BCUT2D eigenvalue weighted by Crippen LogP contribution is 2.22. The van der Waals surface area contributed by atoms with Gasteiger partial charge in [0.2, 0.25) is 0 Å². The van der Waals surface area contributed by atoms with Crippen LogP contribution in [-0.2, 0) is 10.0 Å². The summed E-state index contributed by atoms with van der Waals surface area (Å²) in [6, 6.07) is 15.0. The van der Waals surface area contributed by atoms with E-state index in [0.29, 0.717) is 11.3 Å². The molecular weight excluding hydrogens is 292 g/mol. The van der Waals surface area contributed by atoms with Crippen molar-refractivity contribution in [2.75, 3.05) is 11.0 Å². The Hall–Kier alpha value is -1.97. The van der Waals surface area contributed by atoms with Gasteiger partial charge in [-0.2, -0.15) is 5.26 Å². The molecule has 0 heterocycles. The van der Waals surface area contributed by atoms with Crippen molar-refractivity contribution < 1.29 is 8.42 Å². The highest BCUT2D eigenvalue weighted by Gasteiger charge is 2.14. The molecule has 0 fully saturated rings. The summed E-state index contributed by atoms with van der Waals surface area (Å²) < 4.78 is 27.0. The topological polar surface area (TPSA) is 70.0 Å². The maximum Gasteiger partial charge on any atom is 0.261 e. The summed E-state index contributed by atoms with van der Waals surface area (Å²) in [6.45, 7) is 0. The van der Waals surface area contributed by atoms with Gasteiger partial charge in [0.15, 0.2) is 0 Å². The van der Waals surface area contributed by atoms with E-state index in [1.807, 2.05) is 18.4 Å². The second-order valence-corrected chi connectivity index (χ2v) is 6.54. The monoisotopic (exact) mass is 304 g/mol. The number of thioether (sulfide) groups is 1. The molecule has 0 aliphatic rings. The predicted octanol–water partition coefficient (Wildman–Crippen LogP) is 3.08. The van der Waals surface area contributed by atoms with Gasteiger partial charge in [-0.1, -0.05) is 12.1 Å². The fourth-order valence-electron chi connectivity index (χ4n) is 1.63. The minimum absolute atomic E-state index is 0.0751. The highest BCUT2D eigenvalue weighted by molar-refractivity contribution is 7.98. The van der Waals surface area contributed by atoms with E-state index in [2.05, 4.69) is 4.72 Å². The van der Waals surface area contributed by atoms with Crippen LogP contribution >= 0.6 is 11.8 Å².